The van der Waals surface area contributed by atoms with Crippen molar-refractivity contribution in [2.45, 2.75) is 111 Å². The quantitative estimate of drug-likeness (QED) is 0.421. The molecule has 2 N–H and O–H groups in total. The highest BCUT2D eigenvalue weighted by Crippen LogP contribution is 2.28. The van der Waals surface area contributed by atoms with Gasteiger partial charge in [0.15, 0.2) is 0 Å². The summed E-state index contributed by atoms with van der Waals surface area (Å²) in [5, 5.41) is 5.83. The Balaban J connectivity index is 3.62. The molecule has 0 saturated heterocycles. The van der Waals surface area contributed by atoms with Crippen LogP contribution in [0.5, 0.6) is 0 Å². The van der Waals surface area contributed by atoms with Crippen molar-refractivity contribution < 1.29 is 19.1 Å². The fraction of sp³-hybridized carbons (Fsp3) is 0.621. The van der Waals surface area contributed by atoms with Gasteiger partial charge in [-0.3, -0.25) is 9.59 Å². The highest BCUT2D eigenvalue weighted by molar-refractivity contribution is 5.92. The van der Waals surface area contributed by atoms with Crippen LogP contribution in [0.2, 0.25) is 0 Å². The number of benzene rings is 1. The SMILES string of the molecule is C=Cc1cccc(C(C(=O)NC(C)(C)C)N(C(=O)C(CC(C)C)NC(=O)OC(C)(C)C)C(C)CC)c1. The monoisotopic (exact) mass is 501 g/mol. The molecule has 3 atom stereocenters. The van der Waals surface area contributed by atoms with E-state index in [0.29, 0.717) is 18.4 Å². The minimum Gasteiger partial charge on any atom is -0.444 e. The van der Waals surface area contributed by atoms with Crippen molar-refractivity contribution in [3.8, 4) is 0 Å². The van der Waals surface area contributed by atoms with E-state index in [4.69, 9.17) is 4.74 Å². The Morgan fingerprint density at radius 1 is 1.08 bits per heavy atom. The molecule has 1 aromatic rings. The summed E-state index contributed by atoms with van der Waals surface area (Å²) in [6.45, 7) is 22.8. The number of nitrogens with one attached hydrogen (secondary N) is 2. The largest absolute Gasteiger partial charge is 0.444 e. The van der Waals surface area contributed by atoms with Gasteiger partial charge >= 0.3 is 6.09 Å². The average molecular weight is 502 g/mol. The number of nitrogens with zero attached hydrogens (tertiary/aromatic N) is 1. The van der Waals surface area contributed by atoms with Gasteiger partial charge in [0.05, 0.1) is 0 Å². The lowest BCUT2D eigenvalue weighted by Crippen LogP contribution is -2.57. The van der Waals surface area contributed by atoms with E-state index >= 15 is 0 Å². The van der Waals surface area contributed by atoms with Gasteiger partial charge in [-0.1, -0.05) is 51.6 Å². The van der Waals surface area contributed by atoms with Gasteiger partial charge in [-0.15, -0.1) is 0 Å². The number of amides is 3. The summed E-state index contributed by atoms with van der Waals surface area (Å²) in [5.41, 5.74) is 0.333. The lowest BCUT2D eigenvalue weighted by Gasteiger charge is -2.39. The molecule has 0 aliphatic carbocycles. The number of carbonyl (C=O) groups is 3. The maximum Gasteiger partial charge on any atom is 0.408 e. The van der Waals surface area contributed by atoms with Crippen molar-refractivity contribution >= 4 is 24.0 Å². The molecule has 0 bridgehead atoms. The van der Waals surface area contributed by atoms with E-state index < -0.39 is 29.3 Å². The Labute approximate surface area is 218 Å². The maximum absolute atomic E-state index is 14.2. The van der Waals surface area contributed by atoms with Gasteiger partial charge < -0.3 is 20.3 Å². The molecule has 36 heavy (non-hydrogen) atoms. The minimum atomic E-state index is -0.887. The van der Waals surface area contributed by atoms with Crippen molar-refractivity contribution in [2.75, 3.05) is 0 Å². The molecule has 0 aliphatic rings. The first kappa shape index (κ1) is 31.2. The van der Waals surface area contributed by atoms with Crippen LogP contribution in [-0.2, 0) is 14.3 Å². The number of rotatable bonds is 10. The second-order valence-corrected chi connectivity index (χ2v) is 11.8. The second kappa shape index (κ2) is 12.9. The van der Waals surface area contributed by atoms with Crippen LogP contribution in [0, 0.1) is 5.92 Å². The summed E-state index contributed by atoms with van der Waals surface area (Å²) in [6.07, 6.45) is 2.09. The maximum atomic E-state index is 14.2. The number of ether oxygens (including phenoxy) is 1. The Bertz CT molecular complexity index is 912. The molecule has 0 radical (unpaired) electrons. The summed E-state index contributed by atoms with van der Waals surface area (Å²) < 4.78 is 5.44. The smallest absolute Gasteiger partial charge is 0.408 e. The van der Waals surface area contributed by atoms with Crippen LogP contribution in [0.1, 0.15) is 99.2 Å². The lowest BCUT2D eigenvalue weighted by molar-refractivity contribution is -0.146. The normalized spacial score (nSPS) is 14.4. The number of carbonyl (C=O) groups excluding carboxylic acids is 3. The molecule has 1 rings (SSSR count). The molecule has 0 fully saturated rings. The van der Waals surface area contributed by atoms with E-state index in [0.717, 1.165) is 5.56 Å². The molecule has 202 valence electrons. The van der Waals surface area contributed by atoms with Gasteiger partial charge in [-0.05, 0) is 84.4 Å². The zero-order valence-electron chi connectivity index (χ0n) is 23.9. The fourth-order valence-electron chi connectivity index (χ4n) is 3.85. The van der Waals surface area contributed by atoms with E-state index in [1.165, 1.54) is 0 Å². The summed E-state index contributed by atoms with van der Waals surface area (Å²) in [5.74, 6) is -0.474. The molecule has 3 unspecified atom stereocenters. The van der Waals surface area contributed by atoms with E-state index in [2.05, 4.69) is 17.2 Å². The van der Waals surface area contributed by atoms with Crippen LogP contribution < -0.4 is 10.6 Å². The summed E-state index contributed by atoms with van der Waals surface area (Å²) in [6, 6.07) is 5.48. The van der Waals surface area contributed by atoms with Crippen molar-refractivity contribution in [1.29, 1.82) is 0 Å². The Hall–Kier alpha value is -2.83. The first-order valence-corrected chi connectivity index (χ1v) is 12.8. The van der Waals surface area contributed by atoms with Gasteiger partial charge in [0.2, 0.25) is 11.8 Å². The van der Waals surface area contributed by atoms with Crippen LogP contribution in [0.25, 0.3) is 6.08 Å². The highest BCUT2D eigenvalue weighted by Gasteiger charge is 2.39. The van der Waals surface area contributed by atoms with Crippen molar-refractivity contribution in [2.24, 2.45) is 5.92 Å². The van der Waals surface area contributed by atoms with E-state index in [1.807, 2.05) is 72.7 Å². The third-order valence-electron chi connectivity index (χ3n) is 5.50. The molecule has 0 saturated carbocycles. The van der Waals surface area contributed by atoms with Gasteiger partial charge in [-0.25, -0.2) is 4.79 Å². The van der Waals surface area contributed by atoms with Gasteiger partial charge in [-0.2, -0.15) is 0 Å². The topological polar surface area (TPSA) is 87.7 Å². The van der Waals surface area contributed by atoms with E-state index in [9.17, 15) is 14.4 Å². The molecule has 0 aromatic heterocycles. The summed E-state index contributed by atoms with van der Waals surface area (Å²) >= 11 is 0. The fourth-order valence-corrected chi connectivity index (χ4v) is 3.85. The minimum absolute atomic E-state index is 0.124. The van der Waals surface area contributed by atoms with Crippen LogP contribution in [0.15, 0.2) is 30.8 Å². The predicted molar refractivity (Wildman–Crippen MR) is 146 cm³/mol. The third-order valence-corrected chi connectivity index (χ3v) is 5.50. The molecule has 0 heterocycles. The standard InChI is InChI=1S/C29H47N3O4/c1-12-20(5)32(26(34)23(17-19(3)4)30-27(35)36-29(9,10)11)24(25(33)31-28(6,7)8)22-16-14-15-21(13-2)18-22/h13-16,18-20,23-24H,2,12,17H2,1,3-11H3,(H,30,35)(H,31,33). The number of alkyl carbamates (subject to hydrolysis) is 1. The van der Waals surface area contributed by atoms with E-state index in [1.54, 1.807) is 31.7 Å². The van der Waals surface area contributed by atoms with Gasteiger partial charge in [0.1, 0.15) is 17.7 Å². The third kappa shape index (κ3) is 10.0. The Kier molecular flexibility index (Phi) is 11.2. The van der Waals surface area contributed by atoms with Crippen LogP contribution in [-0.4, -0.2) is 46.0 Å². The molecular formula is C29H47N3O4. The average Bonchev–Trinajstić information content (AvgIpc) is 2.73. The summed E-state index contributed by atoms with van der Waals surface area (Å²) in [4.78, 5) is 42.2. The first-order chi connectivity index (χ1) is 16.5. The molecule has 1 aromatic carbocycles. The van der Waals surface area contributed by atoms with Gasteiger partial charge in [0, 0.05) is 11.6 Å². The second-order valence-electron chi connectivity index (χ2n) is 11.8. The zero-order valence-corrected chi connectivity index (χ0v) is 23.9. The van der Waals surface area contributed by atoms with Crippen molar-refractivity contribution in [3.05, 3.63) is 42.0 Å². The Morgan fingerprint density at radius 3 is 2.17 bits per heavy atom. The zero-order chi connectivity index (χ0) is 27.8. The first-order valence-electron chi connectivity index (χ1n) is 12.8. The molecule has 0 aliphatic heterocycles. The summed E-state index contributed by atoms with van der Waals surface area (Å²) in [7, 11) is 0. The molecule has 3 amide bonds. The number of hydrogen-bond acceptors (Lipinski definition) is 4. The molecule has 0 spiro atoms. The van der Waals surface area contributed by atoms with E-state index in [-0.39, 0.29) is 23.8 Å². The highest BCUT2D eigenvalue weighted by atomic mass is 16.6. The molecule has 7 heteroatoms. The lowest BCUT2D eigenvalue weighted by atomic mass is 9.95. The van der Waals surface area contributed by atoms with Crippen LogP contribution in [0.4, 0.5) is 4.79 Å². The van der Waals surface area contributed by atoms with Crippen LogP contribution in [0.3, 0.4) is 0 Å². The van der Waals surface area contributed by atoms with Gasteiger partial charge in [0.25, 0.3) is 0 Å². The van der Waals surface area contributed by atoms with Crippen LogP contribution >= 0.6 is 0 Å². The van der Waals surface area contributed by atoms with Crippen molar-refractivity contribution in [3.63, 3.8) is 0 Å². The predicted octanol–water partition coefficient (Wildman–Crippen LogP) is 5.85. The van der Waals surface area contributed by atoms with Crippen molar-refractivity contribution in [1.82, 2.24) is 15.5 Å². The Morgan fingerprint density at radius 2 is 1.69 bits per heavy atom. The molecule has 7 nitrogen and oxygen atoms in total. The molecular weight excluding hydrogens is 454 g/mol. The number of hydrogen-bond donors (Lipinski definition) is 2.